The summed E-state index contributed by atoms with van der Waals surface area (Å²) in [5.74, 6) is 1.88. The molecule has 0 saturated carbocycles. The van der Waals surface area contributed by atoms with Crippen molar-refractivity contribution >= 4 is 11.6 Å². The van der Waals surface area contributed by atoms with Crippen LogP contribution in [0.25, 0.3) is 0 Å². The first-order chi connectivity index (χ1) is 11.5. The Morgan fingerprint density at radius 1 is 0.833 bits per heavy atom. The highest BCUT2D eigenvalue weighted by Gasteiger charge is 2.08. The summed E-state index contributed by atoms with van der Waals surface area (Å²) < 4.78 is 6.00. The van der Waals surface area contributed by atoms with Crippen molar-refractivity contribution in [1.29, 1.82) is 0 Å². The van der Waals surface area contributed by atoms with Crippen LogP contribution in [0.1, 0.15) is 22.3 Å². The number of aromatic nitrogens is 2. The molecule has 122 valence electrons. The predicted molar refractivity (Wildman–Crippen MR) is 97.2 cm³/mol. The van der Waals surface area contributed by atoms with Crippen molar-refractivity contribution in [3.05, 3.63) is 70.9 Å². The fraction of sp³-hybridized carbons (Fsp3) is 0.200. The molecule has 0 aliphatic heterocycles. The van der Waals surface area contributed by atoms with Crippen molar-refractivity contribution in [2.75, 3.05) is 5.32 Å². The van der Waals surface area contributed by atoms with E-state index in [0.29, 0.717) is 11.8 Å². The summed E-state index contributed by atoms with van der Waals surface area (Å²) in [6.45, 7) is 8.23. The maximum atomic E-state index is 6.00. The summed E-state index contributed by atoms with van der Waals surface area (Å²) in [5.41, 5.74) is 5.57. The van der Waals surface area contributed by atoms with Crippen molar-refractivity contribution in [3.63, 3.8) is 0 Å². The zero-order chi connectivity index (χ0) is 17.1. The molecular weight excluding hydrogens is 298 g/mol. The van der Waals surface area contributed by atoms with E-state index >= 15 is 0 Å². The molecule has 0 spiro atoms. The van der Waals surface area contributed by atoms with Crippen LogP contribution in [0.15, 0.2) is 48.7 Å². The Morgan fingerprint density at radius 2 is 1.50 bits per heavy atom. The molecule has 1 aromatic heterocycles. The number of anilines is 2. The third-order valence-electron chi connectivity index (χ3n) is 3.75. The normalized spacial score (nSPS) is 10.5. The maximum Gasteiger partial charge on any atom is 0.230 e. The largest absolute Gasteiger partial charge is 0.438 e. The Balaban J connectivity index is 1.82. The van der Waals surface area contributed by atoms with E-state index in [9.17, 15) is 0 Å². The summed E-state index contributed by atoms with van der Waals surface area (Å²) >= 11 is 0. The summed E-state index contributed by atoms with van der Waals surface area (Å²) in [6, 6.07) is 14.1. The van der Waals surface area contributed by atoms with Crippen LogP contribution in [-0.4, -0.2) is 9.97 Å². The predicted octanol–water partition coefficient (Wildman–Crippen LogP) is 5.25. The zero-order valence-electron chi connectivity index (χ0n) is 14.4. The number of nitrogens with one attached hydrogen (secondary N) is 1. The van der Waals surface area contributed by atoms with Gasteiger partial charge in [0.2, 0.25) is 11.8 Å². The fourth-order valence-electron chi connectivity index (χ4n) is 2.66. The monoisotopic (exact) mass is 319 g/mol. The Labute approximate surface area is 142 Å². The van der Waals surface area contributed by atoms with Crippen molar-refractivity contribution in [2.24, 2.45) is 0 Å². The van der Waals surface area contributed by atoms with E-state index in [1.807, 2.05) is 38.1 Å². The van der Waals surface area contributed by atoms with Crippen LogP contribution in [0.4, 0.5) is 11.6 Å². The molecule has 3 rings (SSSR count). The molecule has 3 aromatic rings. The average Bonchev–Trinajstić information content (AvgIpc) is 2.53. The van der Waals surface area contributed by atoms with E-state index in [1.54, 1.807) is 12.3 Å². The third-order valence-corrected chi connectivity index (χ3v) is 3.75. The number of hydrogen-bond acceptors (Lipinski definition) is 4. The highest BCUT2D eigenvalue weighted by molar-refractivity contribution is 5.54. The molecule has 0 unspecified atom stereocenters. The molecule has 1 N–H and O–H groups in total. The third kappa shape index (κ3) is 3.71. The van der Waals surface area contributed by atoms with Gasteiger partial charge in [-0.1, -0.05) is 35.4 Å². The zero-order valence-corrected chi connectivity index (χ0v) is 14.4. The molecule has 0 aliphatic rings. The van der Waals surface area contributed by atoms with Gasteiger partial charge in [-0.05, 0) is 51.0 Å². The molecule has 0 radical (unpaired) electrons. The van der Waals surface area contributed by atoms with Crippen LogP contribution in [0.5, 0.6) is 11.6 Å². The summed E-state index contributed by atoms with van der Waals surface area (Å²) in [4.78, 5) is 8.70. The van der Waals surface area contributed by atoms with Gasteiger partial charge < -0.3 is 10.1 Å². The molecule has 0 atom stereocenters. The van der Waals surface area contributed by atoms with Crippen LogP contribution >= 0.6 is 0 Å². The Hall–Kier alpha value is -2.88. The standard InChI is InChI=1S/C20H21N3O/c1-13-5-7-17(8-6-13)22-20-21-10-9-18(23-20)24-19-15(3)11-14(2)12-16(19)4/h5-12H,1-4H3,(H,21,22,23). The van der Waals surface area contributed by atoms with Crippen molar-refractivity contribution in [3.8, 4) is 11.6 Å². The maximum absolute atomic E-state index is 6.00. The molecule has 4 heteroatoms. The van der Waals surface area contributed by atoms with Crippen LogP contribution in [0, 0.1) is 27.7 Å². The first-order valence-corrected chi connectivity index (χ1v) is 7.94. The minimum atomic E-state index is 0.513. The minimum absolute atomic E-state index is 0.513. The summed E-state index contributed by atoms with van der Waals surface area (Å²) in [5, 5.41) is 3.19. The van der Waals surface area contributed by atoms with Gasteiger partial charge >= 0.3 is 0 Å². The Kier molecular flexibility index (Phi) is 4.47. The lowest BCUT2D eigenvalue weighted by Crippen LogP contribution is -1.99. The SMILES string of the molecule is Cc1ccc(Nc2nccc(Oc3c(C)cc(C)cc3C)n2)cc1. The molecule has 0 amide bonds. The molecule has 0 saturated heterocycles. The van der Waals surface area contributed by atoms with E-state index < -0.39 is 0 Å². The number of hydrogen-bond donors (Lipinski definition) is 1. The highest BCUT2D eigenvalue weighted by Crippen LogP contribution is 2.29. The molecule has 24 heavy (non-hydrogen) atoms. The first kappa shape index (κ1) is 16.0. The average molecular weight is 319 g/mol. The lowest BCUT2D eigenvalue weighted by Gasteiger charge is -2.13. The van der Waals surface area contributed by atoms with Gasteiger partial charge in [-0.25, -0.2) is 4.98 Å². The molecule has 0 aliphatic carbocycles. The molecule has 0 fully saturated rings. The van der Waals surface area contributed by atoms with Gasteiger partial charge in [-0.15, -0.1) is 0 Å². The number of aryl methyl sites for hydroxylation is 4. The lowest BCUT2D eigenvalue weighted by molar-refractivity contribution is 0.455. The van der Waals surface area contributed by atoms with E-state index in [2.05, 4.69) is 41.3 Å². The molecule has 1 heterocycles. The quantitative estimate of drug-likeness (QED) is 0.714. The van der Waals surface area contributed by atoms with Crippen LogP contribution in [-0.2, 0) is 0 Å². The van der Waals surface area contributed by atoms with E-state index in [0.717, 1.165) is 22.6 Å². The number of nitrogens with zero attached hydrogens (tertiary/aromatic N) is 2. The van der Waals surface area contributed by atoms with E-state index in [1.165, 1.54) is 11.1 Å². The first-order valence-electron chi connectivity index (χ1n) is 7.94. The van der Waals surface area contributed by atoms with Crippen molar-refractivity contribution in [1.82, 2.24) is 9.97 Å². The number of benzene rings is 2. The van der Waals surface area contributed by atoms with Crippen molar-refractivity contribution < 1.29 is 4.74 Å². The van der Waals surface area contributed by atoms with Gasteiger partial charge in [-0.2, -0.15) is 4.98 Å². The molecular formula is C20H21N3O. The van der Waals surface area contributed by atoms with Gasteiger partial charge in [-0.3, -0.25) is 0 Å². The van der Waals surface area contributed by atoms with Crippen LogP contribution < -0.4 is 10.1 Å². The second-order valence-corrected chi connectivity index (χ2v) is 6.04. The Bertz CT molecular complexity index is 834. The minimum Gasteiger partial charge on any atom is -0.438 e. The fourth-order valence-corrected chi connectivity index (χ4v) is 2.66. The van der Waals surface area contributed by atoms with Crippen LogP contribution in [0.3, 0.4) is 0 Å². The van der Waals surface area contributed by atoms with Gasteiger partial charge in [0.1, 0.15) is 5.75 Å². The van der Waals surface area contributed by atoms with Gasteiger partial charge in [0.05, 0.1) is 0 Å². The molecule has 0 bridgehead atoms. The summed E-state index contributed by atoms with van der Waals surface area (Å²) in [6.07, 6.45) is 1.69. The topological polar surface area (TPSA) is 47.0 Å². The van der Waals surface area contributed by atoms with Gasteiger partial charge in [0, 0.05) is 18.0 Å². The van der Waals surface area contributed by atoms with Gasteiger partial charge in [0.25, 0.3) is 0 Å². The second-order valence-electron chi connectivity index (χ2n) is 6.04. The smallest absolute Gasteiger partial charge is 0.230 e. The molecule has 2 aromatic carbocycles. The lowest BCUT2D eigenvalue weighted by atomic mass is 10.1. The highest BCUT2D eigenvalue weighted by atomic mass is 16.5. The van der Waals surface area contributed by atoms with Gasteiger partial charge in [0.15, 0.2) is 0 Å². The van der Waals surface area contributed by atoms with Crippen molar-refractivity contribution in [2.45, 2.75) is 27.7 Å². The number of ether oxygens (including phenoxy) is 1. The Morgan fingerprint density at radius 3 is 2.17 bits per heavy atom. The van der Waals surface area contributed by atoms with E-state index in [4.69, 9.17) is 4.74 Å². The van der Waals surface area contributed by atoms with Crippen LogP contribution in [0.2, 0.25) is 0 Å². The number of rotatable bonds is 4. The molecule has 4 nitrogen and oxygen atoms in total. The van der Waals surface area contributed by atoms with E-state index in [-0.39, 0.29) is 0 Å². The summed E-state index contributed by atoms with van der Waals surface area (Å²) in [7, 11) is 0. The second kappa shape index (κ2) is 6.71.